The van der Waals surface area contributed by atoms with Crippen LogP contribution in [-0.2, 0) is 0 Å². The lowest BCUT2D eigenvalue weighted by Gasteiger charge is -2.26. The van der Waals surface area contributed by atoms with Crippen LogP contribution in [0.3, 0.4) is 0 Å². The monoisotopic (exact) mass is 319 g/mol. The Labute approximate surface area is 125 Å². The first-order valence-electron chi connectivity index (χ1n) is 5.90. The highest BCUT2D eigenvalue weighted by Gasteiger charge is 2.21. The van der Waals surface area contributed by atoms with Crippen LogP contribution in [0.4, 0.5) is 5.69 Å². The van der Waals surface area contributed by atoms with E-state index < -0.39 is 20.8 Å². The van der Waals surface area contributed by atoms with Gasteiger partial charge in [-0.2, -0.15) is 9.93 Å². The van der Waals surface area contributed by atoms with Crippen LogP contribution < -0.4 is 0 Å². The molecular weight excluding hydrogens is 300 g/mol. The van der Waals surface area contributed by atoms with Crippen LogP contribution in [-0.4, -0.2) is 53.9 Å². The van der Waals surface area contributed by atoms with Crippen molar-refractivity contribution in [2.75, 3.05) is 33.4 Å². The maximum Gasteiger partial charge on any atom is 0.342 e. The highest BCUT2D eigenvalue weighted by Crippen LogP contribution is 2.41. The summed E-state index contributed by atoms with van der Waals surface area (Å²) in [5.74, 6) is -0.472. The Morgan fingerprint density at radius 2 is 2.05 bits per heavy atom. The second-order valence-corrected chi connectivity index (χ2v) is 8.61. The normalized spacial score (nSPS) is 13.9. The molecule has 0 aliphatic rings. The zero-order valence-electron chi connectivity index (χ0n) is 11.6. The fourth-order valence-electron chi connectivity index (χ4n) is 1.54. The van der Waals surface area contributed by atoms with E-state index in [1.165, 1.54) is 12.1 Å². The molecule has 0 radical (unpaired) electrons. The van der Waals surface area contributed by atoms with E-state index in [-0.39, 0.29) is 11.3 Å². The molecule has 0 spiro atoms. The summed E-state index contributed by atoms with van der Waals surface area (Å²) in [6, 6.07) is 4.21. The molecule has 8 heteroatoms. The van der Waals surface area contributed by atoms with Gasteiger partial charge >= 0.3 is 5.97 Å². The van der Waals surface area contributed by atoms with Crippen LogP contribution in [0.5, 0.6) is 0 Å². The van der Waals surface area contributed by atoms with E-state index in [1.54, 1.807) is 6.07 Å². The molecule has 1 N–H and O–H groups in total. The summed E-state index contributed by atoms with van der Waals surface area (Å²) >= 11 is 4.53. The van der Waals surface area contributed by atoms with E-state index >= 15 is 0 Å². The highest BCUT2D eigenvalue weighted by atomic mass is 33.1. The number of benzene rings is 1. The first-order chi connectivity index (χ1) is 9.11. The topological polar surface area (TPSA) is 80.4 Å². The predicted molar refractivity (Wildman–Crippen MR) is 84.1 cm³/mol. The molecule has 112 valence electrons. The molecule has 0 saturated carbocycles. The highest BCUT2D eigenvalue weighted by molar-refractivity contribution is 8.78. The first kappa shape index (κ1) is 16.8. The largest absolute Gasteiger partial charge is 0.477 e. The Kier molecular flexibility index (Phi) is 5.43. The second-order valence-electron chi connectivity index (χ2n) is 5.40. The lowest BCUT2D eigenvalue weighted by atomic mass is 10.2. The van der Waals surface area contributed by atoms with Gasteiger partial charge in [0.25, 0.3) is 5.69 Å². The second kappa shape index (κ2) is 6.47. The van der Waals surface area contributed by atoms with Crippen molar-refractivity contribution in [3.63, 3.8) is 0 Å². The standard InChI is InChI=1S/C12H18N2O4S2/c1-14(2,3)6-7-20(19)9-4-5-11(13(17)18)10(8-9)12(15)16/h4-5,8,20H,6-7H2,1-3H3,(H-,15,16,19)/p+1. The molecule has 0 fully saturated rings. The minimum absolute atomic E-state index is 0.278. The van der Waals surface area contributed by atoms with Crippen LogP contribution in [0.2, 0.25) is 0 Å². The van der Waals surface area contributed by atoms with Crippen molar-refractivity contribution >= 4 is 33.2 Å². The molecule has 0 bridgehead atoms. The zero-order valence-corrected chi connectivity index (χ0v) is 13.4. The number of hydrogen-bond donors (Lipinski definition) is 3. The number of carbonyl (C=O) groups is 1. The van der Waals surface area contributed by atoms with Gasteiger partial charge < -0.3 is 9.59 Å². The van der Waals surface area contributed by atoms with Crippen LogP contribution >= 0.6 is 21.6 Å². The van der Waals surface area contributed by atoms with Crippen LogP contribution in [0, 0.1) is 10.1 Å². The van der Waals surface area contributed by atoms with E-state index in [4.69, 9.17) is 5.11 Å². The summed E-state index contributed by atoms with van der Waals surface area (Å²) in [7, 11) is 5.38. The van der Waals surface area contributed by atoms with E-state index in [2.05, 4.69) is 32.8 Å². The Balaban J connectivity index is 3.00. The number of quaternary nitrogens is 1. The molecule has 0 aliphatic carbocycles. The molecule has 0 aliphatic heterocycles. The Morgan fingerprint density at radius 1 is 1.45 bits per heavy atom. The third kappa shape index (κ3) is 4.69. The molecule has 0 amide bonds. The van der Waals surface area contributed by atoms with Gasteiger partial charge in [-0.3, -0.25) is 10.1 Å². The minimum Gasteiger partial charge on any atom is -0.477 e. The summed E-state index contributed by atoms with van der Waals surface area (Å²) in [6.45, 7) is 0.897. The van der Waals surface area contributed by atoms with Crippen LogP contribution in [0.1, 0.15) is 10.4 Å². The predicted octanol–water partition coefficient (Wildman–Crippen LogP) is 2.20. The Bertz CT molecular complexity index is 529. The summed E-state index contributed by atoms with van der Waals surface area (Å²) < 4.78 is 0.790. The van der Waals surface area contributed by atoms with Crippen molar-refractivity contribution in [1.29, 1.82) is 0 Å². The lowest BCUT2D eigenvalue weighted by Crippen LogP contribution is -2.36. The average molecular weight is 319 g/mol. The van der Waals surface area contributed by atoms with Gasteiger partial charge in [-0.25, -0.2) is 4.79 Å². The molecule has 1 atom stereocenters. The fourth-order valence-corrected chi connectivity index (χ4v) is 3.75. The molecule has 1 unspecified atom stereocenters. The Morgan fingerprint density at radius 3 is 2.50 bits per heavy atom. The molecule has 0 aromatic heterocycles. The summed E-state index contributed by atoms with van der Waals surface area (Å²) in [5.41, 5.74) is -0.663. The van der Waals surface area contributed by atoms with Crippen LogP contribution in [0.25, 0.3) is 0 Å². The van der Waals surface area contributed by atoms with Gasteiger partial charge in [-0.15, -0.1) is 11.7 Å². The average Bonchev–Trinajstić information content (AvgIpc) is 2.34. The van der Waals surface area contributed by atoms with Gasteiger partial charge in [0.1, 0.15) is 5.56 Å². The van der Waals surface area contributed by atoms with E-state index in [9.17, 15) is 14.9 Å². The maximum atomic E-state index is 11.1. The number of rotatable bonds is 6. The van der Waals surface area contributed by atoms with Gasteiger partial charge in [0.15, 0.2) is 0 Å². The number of carboxylic acid groups (broad SMARTS) is 1. The first-order valence-corrected chi connectivity index (χ1v) is 8.58. The number of carboxylic acids is 1. The third-order valence-corrected chi connectivity index (χ3v) is 5.48. The van der Waals surface area contributed by atoms with E-state index in [0.29, 0.717) is 0 Å². The molecule has 1 aromatic carbocycles. The van der Waals surface area contributed by atoms with E-state index in [0.717, 1.165) is 21.7 Å². The number of hydrogen-bond acceptors (Lipinski definition) is 4. The number of thiol groups is 2. The van der Waals surface area contributed by atoms with Crippen molar-refractivity contribution in [2.45, 2.75) is 4.90 Å². The number of nitro benzene ring substituents is 1. The molecule has 0 saturated heterocycles. The van der Waals surface area contributed by atoms with Crippen LogP contribution in [0.15, 0.2) is 23.1 Å². The fraction of sp³-hybridized carbons (Fsp3) is 0.417. The van der Waals surface area contributed by atoms with Crippen molar-refractivity contribution < 1.29 is 19.3 Å². The number of nitro groups is 1. The van der Waals surface area contributed by atoms with Crippen molar-refractivity contribution in [3.8, 4) is 0 Å². The number of aromatic carboxylic acids is 1. The van der Waals surface area contributed by atoms with Gasteiger partial charge in [-0.05, 0) is 17.0 Å². The van der Waals surface area contributed by atoms with Crippen molar-refractivity contribution in [3.05, 3.63) is 33.9 Å². The Hall–Kier alpha value is -1.25. The van der Waals surface area contributed by atoms with Crippen molar-refractivity contribution in [1.82, 2.24) is 0 Å². The SMILES string of the molecule is C[N+](C)(C)CC[SH](S)c1ccc([N+](=O)[O-])c(C(=O)O)c1. The molecule has 0 heterocycles. The molecule has 20 heavy (non-hydrogen) atoms. The van der Waals surface area contributed by atoms with Gasteiger partial charge in [0.05, 0.1) is 32.6 Å². The third-order valence-electron chi connectivity index (χ3n) is 2.69. The lowest BCUT2D eigenvalue weighted by molar-refractivity contribution is -0.867. The molecular formula is C12H19N2O4S2+. The quantitative estimate of drug-likeness (QED) is 0.247. The maximum absolute atomic E-state index is 11.1. The number of nitrogens with zero attached hydrogens (tertiary/aromatic N) is 2. The van der Waals surface area contributed by atoms with Crippen molar-refractivity contribution in [2.24, 2.45) is 0 Å². The minimum atomic E-state index is -1.29. The van der Waals surface area contributed by atoms with Gasteiger partial charge in [0.2, 0.25) is 0 Å². The summed E-state index contributed by atoms with van der Waals surface area (Å²) in [5, 5.41) is 19.8. The molecule has 1 rings (SSSR count). The summed E-state index contributed by atoms with van der Waals surface area (Å²) in [6.07, 6.45) is 0. The van der Waals surface area contributed by atoms with E-state index in [1.807, 2.05) is 0 Å². The van der Waals surface area contributed by atoms with Gasteiger partial charge in [-0.1, -0.05) is 0 Å². The summed E-state index contributed by atoms with van der Waals surface area (Å²) in [4.78, 5) is 22.0. The van der Waals surface area contributed by atoms with Gasteiger partial charge in [0, 0.05) is 11.8 Å². The smallest absolute Gasteiger partial charge is 0.342 e. The molecule has 1 aromatic rings. The molecule has 6 nitrogen and oxygen atoms in total. The zero-order chi connectivity index (χ0) is 15.5.